The first kappa shape index (κ1) is 15.8. The number of methoxy groups -OCH3 is 1. The largest absolute Gasteiger partial charge is 0.466 e. The molecule has 0 aromatic heterocycles. The van der Waals surface area contributed by atoms with Crippen LogP contribution in [-0.4, -0.2) is 13.1 Å². The van der Waals surface area contributed by atoms with E-state index < -0.39 is 0 Å². The fourth-order valence-corrected chi connectivity index (χ4v) is 1.44. The Morgan fingerprint density at radius 2 is 1.82 bits per heavy atom. The zero-order valence-corrected chi connectivity index (χ0v) is 11.1. The molecular weight excluding hydrogens is 212 g/mol. The van der Waals surface area contributed by atoms with Gasteiger partial charge in [0.05, 0.1) is 7.11 Å². The number of allylic oxidation sites excluding steroid dienone is 1. The second kappa shape index (κ2) is 12.8. The number of unbranched alkanes of at least 4 members (excludes halogenated alkanes) is 6. The number of carbonyl (C=O) groups excluding carboxylic acids is 1. The van der Waals surface area contributed by atoms with Crippen molar-refractivity contribution >= 4 is 5.97 Å². The Hall–Kier alpha value is -1.23. The zero-order valence-electron chi connectivity index (χ0n) is 11.1. The molecular formula is C15H24O2. The molecule has 0 spiro atoms. The summed E-state index contributed by atoms with van der Waals surface area (Å²) in [6, 6.07) is 0. The van der Waals surface area contributed by atoms with Crippen LogP contribution in [0.4, 0.5) is 0 Å². The SMILES string of the molecule is CCCCCCCCC#CC/C=C/C(=O)OC. The molecule has 0 bridgehead atoms. The molecule has 2 heteroatoms. The van der Waals surface area contributed by atoms with Gasteiger partial charge < -0.3 is 4.74 Å². The molecule has 17 heavy (non-hydrogen) atoms. The second-order valence-corrected chi connectivity index (χ2v) is 4.00. The number of hydrogen-bond donors (Lipinski definition) is 0. The molecule has 0 amide bonds. The molecule has 0 radical (unpaired) electrons. The van der Waals surface area contributed by atoms with Crippen molar-refractivity contribution in [3.05, 3.63) is 12.2 Å². The highest BCUT2D eigenvalue weighted by Crippen LogP contribution is 2.06. The maximum absolute atomic E-state index is 10.7. The third-order valence-corrected chi connectivity index (χ3v) is 2.46. The lowest BCUT2D eigenvalue weighted by Gasteiger charge is -1.96. The van der Waals surface area contributed by atoms with Crippen LogP contribution in [-0.2, 0) is 9.53 Å². The van der Waals surface area contributed by atoms with Crippen molar-refractivity contribution in [3.63, 3.8) is 0 Å². The summed E-state index contributed by atoms with van der Waals surface area (Å²) in [7, 11) is 1.37. The fourth-order valence-electron chi connectivity index (χ4n) is 1.44. The van der Waals surface area contributed by atoms with Gasteiger partial charge in [-0.1, -0.05) is 51.0 Å². The average molecular weight is 236 g/mol. The van der Waals surface area contributed by atoms with Crippen LogP contribution in [0.2, 0.25) is 0 Å². The lowest BCUT2D eigenvalue weighted by molar-refractivity contribution is -0.134. The Kier molecular flexibility index (Phi) is 11.9. The van der Waals surface area contributed by atoms with Crippen molar-refractivity contribution in [1.82, 2.24) is 0 Å². The van der Waals surface area contributed by atoms with Gasteiger partial charge in [0.2, 0.25) is 0 Å². The van der Waals surface area contributed by atoms with Crippen molar-refractivity contribution in [3.8, 4) is 11.8 Å². The van der Waals surface area contributed by atoms with Crippen LogP contribution in [0.15, 0.2) is 12.2 Å². The summed E-state index contributed by atoms with van der Waals surface area (Å²) in [5.74, 6) is 5.82. The Labute approximate surface area is 105 Å². The molecule has 0 saturated heterocycles. The fraction of sp³-hybridized carbons (Fsp3) is 0.667. The van der Waals surface area contributed by atoms with E-state index in [1.54, 1.807) is 6.08 Å². The third-order valence-electron chi connectivity index (χ3n) is 2.46. The zero-order chi connectivity index (χ0) is 12.8. The summed E-state index contributed by atoms with van der Waals surface area (Å²) in [4.78, 5) is 10.7. The van der Waals surface area contributed by atoms with E-state index >= 15 is 0 Å². The maximum atomic E-state index is 10.7. The van der Waals surface area contributed by atoms with Crippen molar-refractivity contribution in [2.45, 2.75) is 58.3 Å². The highest BCUT2D eigenvalue weighted by atomic mass is 16.5. The second-order valence-electron chi connectivity index (χ2n) is 4.00. The highest BCUT2D eigenvalue weighted by Gasteiger charge is 1.88. The summed E-state index contributed by atoms with van der Waals surface area (Å²) >= 11 is 0. The molecule has 0 fully saturated rings. The molecule has 0 aliphatic rings. The van der Waals surface area contributed by atoms with Gasteiger partial charge >= 0.3 is 5.97 Å². The predicted molar refractivity (Wildman–Crippen MR) is 71.5 cm³/mol. The van der Waals surface area contributed by atoms with Crippen molar-refractivity contribution < 1.29 is 9.53 Å². The Morgan fingerprint density at radius 3 is 2.53 bits per heavy atom. The first-order chi connectivity index (χ1) is 8.31. The maximum Gasteiger partial charge on any atom is 0.330 e. The molecule has 0 N–H and O–H groups in total. The van der Waals surface area contributed by atoms with Crippen LogP contribution in [0.1, 0.15) is 58.3 Å². The van der Waals surface area contributed by atoms with E-state index in [-0.39, 0.29) is 5.97 Å². The summed E-state index contributed by atoms with van der Waals surface area (Å²) in [6.45, 7) is 2.23. The monoisotopic (exact) mass is 236 g/mol. The van der Waals surface area contributed by atoms with Crippen molar-refractivity contribution in [1.29, 1.82) is 0 Å². The minimum Gasteiger partial charge on any atom is -0.466 e. The summed E-state index contributed by atoms with van der Waals surface area (Å²) < 4.78 is 4.47. The molecule has 0 aromatic rings. The predicted octanol–water partition coefficient (Wildman–Crippen LogP) is 3.86. The van der Waals surface area contributed by atoms with Crippen LogP contribution in [0.5, 0.6) is 0 Å². The number of carbonyl (C=O) groups is 1. The van der Waals surface area contributed by atoms with Crippen LogP contribution < -0.4 is 0 Å². The molecule has 0 aromatic carbocycles. The summed E-state index contributed by atoms with van der Waals surface area (Å²) in [5.41, 5.74) is 0. The van der Waals surface area contributed by atoms with E-state index in [0.29, 0.717) is 6.42 Å². The molecule has 0 aliphatic heterocycles. The highest BCUT2D eigenvalue weighted by molar-refractivity contribution is 5.81. The van der Waals surface area contributed by atoms with Gasteiger partial charge in [-0.25, -0.2) is 4.79 Å². The van der Waals surface area contributed by atoms with Gasteiger partial charge in [-0.05, 0) is 6.42 Å². The topological polar surface area (TPSA) is 26.3 Å². The van der Waals surface area contributed by atoms with Gasteiger partial charge in [0.15, 0.2) is 0 Å². The normalized spacial score (nSPS) is 10.0. The van der Waals surface area contributed by atoms with Gasteiger partial charge in [-0.3, -0.25) is 0 Å². The van der Waals surface area contributed by atoms with Gasteiger partial charge in [0.25, 0.3) is 0 Å². The van der Waals surface area contributed by atoms with Crippen LogP contribution in [0.3, 0.4) is 0 Å². The summed E-state index contributed by atoms with van der Waals surface area (Å²) in [5, 5.41) is 0. The lowest BCUT2D eigenvalue weighted by Crippen LogP contribution is -1.92. The molecule has 0 atom stereocenters. The van der Waals surface area contributed by atoms with Crippen LogP contribution >= 0.6 is 0 Å². The Balaban J connectivity index is 3.31. The van der Waals surface area contributed by atoms with Crippen molar-refractivity contribution in [2.24, 2.45) is 0 Å². The number of esters is 1. The lowest BCUT2D eigenvalue weighted by atomic mass is 10.1. The Morgan fingerprint density at radius 1 is 1.12 bits per heavy atom. The molecule has 0 heterocycles. The van der Waals surface area contributed by atoms with Gasteiger partial charge in [-0.15, -0.1) is 5.92 Å². The molecule has 0 aliphatic carbocycles. The van der Waals surface area contributed by atoms with E-state index in [9.17, 15) is 4.79 Å². The quantitative estimate of drug-likeness (QED) is 0.277. The molecule has 0 saturated carbocycles. The van der Waals surface area contributed by atoms with E-state index in [1.807, 2.05) is 0 Å². The number of ether oxygens (including phenoxy) is 1. The van der Waals surface area contributed by atoms with Gasteiger partial charge in [-0.2, -0.15) is 0 Å². The average Bonchev–Trinajstić information content (AvgIpc) is 2.35. The third kappa shape index (κ3) is 12.7. The van der Waals surface area contributed by atoms with Gasteiger partial charge in [0.1, 0.15) is 0 Å². The minimum absolute atomic E-state index is 0.317. The molecule has 0 rings (SSSR count). The van der Waals surface area contributed by atoms with Crippen LogP contribution in [0, 0.1) is 11.8 Å². The van der Waals surface area contributed by atoms with E-state index in [2.05, 4.69) is 23.5 Å². The molecule has 0 unspecified atom stereocenters. The minimum atomic E-state index is -0.317. The van der Waals surface area contributed by atoms with Crippen LogP contribution in [0.25, 0.3) is 0 Å². The number of rotatable bonds is 8. The molecule has 2 nitrogen and oxygen atoms in total. The van der Waals surface area contributed by atoms with Gasteiger partial charge in [0, 0.05) is 18.9 Å². The van der Waals surface area contributed by atoms with E-state index in [4.69, 9.17) is 0 Å². The number of hydrogen-bond acceptors (Lipinski definition) is 2. The smallest absolute Gasteiger partial charge is 0.330 e. The first-order valence-electron chi connectivity index (χ1n) is 6.51. The molecule has 96 valence electrons. The van der Waals surface area contributed by atoms with E-state index in [0.717, 1.165) is 6.42 Å². The first-order valence-corrected chi connectivity index (χ1v) is 6.51. The van der Waals surface area contributed by atoms with Crippen molar-refractivity contribution in [2.75, 3.05) is 7.11 Å². The standard InChI is InChI=1S/C15H24O2/c1-3-4-5-6-7-8-9-10-11-12-13-14-15(16)17-2/h13-14H,3-9,12H2,1-2H3/b14-13+. The Bertz CT molecular complexity index is 268. The summed E-state index contributed by atoms with van der Waals surface area (Å²) in [6.07, 6.45) is 12.6. The van der Waals surface area contributed by atoms with E-state index in [1.165, 1.54) is 51.7 Å².